The number of ether oxygens (including phenoxy) is 1. The van der Waals surface area contributed by atoms with Gasteiger partial charge in [-0.25, -0.2) is 4.39 Å². The number of nitrogens with zero attached hydrogens (tertiary/aromatic N) is 1. The lowest BCUT2D eigenvalue weighted by molar-refractivity contribution is -0.122. The van der Waals surface area contributed by atoms with E-state index in [2.05, 4.69) is 10.3 Å². The quantitative estimate of drug-likeness (QED) is 0.799. The Bertz CT molecular complexity index is 587. The standard InChI is InChI=1S/C17H19FN2O2/c1-22-10-9-20-17(21)16(11-13-3-2-8-19-12-13)14-4-6-15(18)7-5-14/h2-8,12,16H,9-11H2,1H3,(H,20,21). The predicted octanol–water partition coefficient (Wildman–Crippen LogP) is 2.31. The monoisotopic (exact) mass is 302 g/mol. The van der Waals surface area contributed by atoms with Gasteiger partial charge < -0.3 is 10.1 Å². The van der Waals surface area contributed by atoms with Crippen molar-refractivity contribution in [2.75, 3.05) is 20.3 Å². The molecule has 2 aromatic rings. The van der Waals surface area contributed by atoms with Crippen LogP contribution in [0.4, 0.5) is 4.39 Å². The highest BCUT2D eigenvalue weighted by Gasteiger charge is 2.21. The van der Waals surface area contributed by atoms with Gasteiger partial charge in [-0.15, -0.1) is 0 Å². The van der Waals surface area contributed by atoms with Crippen molar-refractivity contribution in [3.05, 3.63) is 65.7 Å². The van der Waals surface area contributed by atoms with Crippen LogP contribution in [0.1, 0.15) is 17.0 Å². The Labute approximate surface area is 129 Å². The second-order valence-corrected chi connectivity index (χ2v) is 4.95. The van der Waals surface area contributed by atoms with Crippen LogP contribution in [0.5, 0.6) is 0 Å². The molecule has 5 heteroatoms. The third-order valence-corrected chi connectivity index (χ3v) is 3.36. The van der Waals surface area contributed by atoms with E-state index in [0.717, 1.165) is 11.1 Å². The van der Waals surface area contributed by atoms with Crippen LogP contribution in [0, 0.1) is 5.82 Å². The zero-order valence-corrected chi connectivity index (χ0v) is 12.5. The number of benzene rings is 1. The Kier molecular flexibility index (Phi) is 6.03. The summed E-state index contributed by atoms with van der Waals surface area (Å²) >= 11 is 0. The number of carbonyl (C=O) groups is 1. The molecule has 116 valence electrons. The van der Waals surface area contributed by atoms with Crippen molar-refractivity contribution >= 4 is 5.91 Å². The second kappa shape index (κ2) is 8.24. The molecular formula is C17H19FN2O2. The van der Waals surface area contributed by atoms with E-state index >= 15 is 0 Å². The van der Waals surface area contributed by atoms with Crippen molar-refractivity contribution in [3.63, 3.8) is 0 Å². The Morgan fingerprint density at radius 1 is 1.32 bits per heavy atom. The first-order valence-corrected chi connectivity index (χ1v) is 7.11. The maximum Gasteiger partial charge on any atom is 0.227 e. The van der Waals surface area contributed by atoms with Gasteiger partial charge >= 0.3 is 0 Å². The van der Waals surface area contributed by atoms with Gasteiger partial charge in [-0.1, -0.05) is 18.2 Å². The summed E-state index contributed by atoms with van der Waals surface area (Å²) in [6.45, 7) is 0.898. The molecule has 1 unspecified atom stereocenters. The zero-order chi connectivity index (χ0) is 15.8. The number of methoxy groups -OCH3 is 1. The molecule has 0 saturated heterocycles. The molecule has 2 rings (SSSR count). The molecule has 0 radical (unpaired) electrons. The van der Waals surface area contributed by atoms with Gasteiger partial charge in [0.25, 0.3) is 0 Å². The van der Waals surface area contributed by atoms with Gasteiger partial charge in [0.1, 0.15) is 5.82 Å². The second-order valence-electron chi connectivity index (χ2n) is 4.95. The summed E-state index contributed by atoms with van der Waals surface area (Å²) in [6.07, 6.45) is 3.94. The lowest BCUT2D eigenvalue weighted by Crippen LogP contribution is -2.33. The molecule has 1 atom stereocenters. The summed E-state index contributed by atoms with van der Waals surface area (Å²) in [4.78, 5) is 16.5. The fourth-order valence-electron chi connectivity index (χ4n) is 2.21. The highest BCUT2D eigenvalue weighted by molar-refractivity contribution is 5.84. The molecule has 0 spiro atoms. The van der Waals surface area contributed by atoms with Gasteiger partial charge in [0.2, 0.25) is 5.91 Å². The number of rotatable bonds is 7. The Balaban J connectivity index is 2.16. The van der Waals surface area contributed by atoms with E-state index in [4.69, 9.17) is 4.74 Å². The van der Waals surface area contributed by atoms with Gasteiger partial charge in [0, 0.05) is 26.0 Å². The highest BCUT2D eigenvalue weighted by Crippen LogP contribution is 2.21. The number of halogens is 1. The SMILES string of the molecule is COCCNC(=O)C(Cc1cccnc1)c1ccc(F)cc1. The maximum absolute atomic E-state index is 13.1. The molecule has 0 aliphatic carbocycles. The fraction of sp³-hybridized carbons (Fsp3) is 0.294. The number of hydrogen-bond donors (Lipinski definition) is 1. The van der Waals surface area contributed by atoms with Crippen LogP contribution in [0.2, 0.25) is 0 Å². The first-order chi connectivity index (χ1) is 10.7. The minimum absolute atomic E-state index is 0.104. The van der Waals surface area contributed by atoms with Crippen LogP contribution in [0.15, 0.2) is 48.8 Å². The van der Waals surface area contributed by atoms with Crippen LogP contribution in [0.25, 0.3) is 0 Å². The number of pyridine rings is 1. The normalized spacial score (nSPS) is 11.9. The van der Waals surface area contributed by atoms with Crippen molar-refractivity contribution in [1.29, 1.82) is 0 Å². The van der Waals surface area contributed by atoms with Crippen LogP contribution >= 0.6 is 0 Å². The zero-order valence-electron chi connectivity index (χ0n) is 12.5. The van der Waals surface area contributed by atoms with Crippen molar-refractivity contribution in [3.8, 4) is 0 Å². The molecule has 0 aliphatic rings. The number of amides is 1. The molecule has 1 N–H and O–H groups in total. The molecule has 0 bridgehead atoms. The van der Waals surface area contributed by atoms with E-state index in [1.807, 2.05) is 12.1 Å². The third-order valence-electron chi connectivity index (χ3n) is 3.36. The average molecular weight is 302 g/mol. The predicted molar refractivity (Wildman–Crippen MR) is 82.0 cm³/mol. The lowest BCUT2D eigenvalue weighted by Gasteiger charge is -2.17. The number of nitrogens with one attached hydrogen (secondary N) is 1. The van der Waals surface area contributed by atoms with E-state index in [-0.39, 0.29) is 17.6 Å². The Morgan fingerprint density at radius 2 is 2.09 bits per heavy atom. The Morgan fingerprint density at radius 3 is 2.73 bits per heavy atom. The van der Waals surface area contributed by atoms with Gasteiger partial charge in [0.15, 0.2) is 0 Å². The summed E-state index contributed by atoms with van der Waals surface area (Å²) in [5.74, 6) is -0.808. The van der Waals surface area contributed by atoms with Crippen molar-refractivity contribution in [1.82, 2.24) is 10.3 Å². The molecule has 0 aliphatic heterocycles. The minimum atomic E-state index is -0.387. The molecule has 1 amide bonds. The Hall–Kier alpha value is -2.27. The van der Waals surface area contributed by atoms with E-state index < -0.39 is 0 Å². The highest BCUT2D eigenvalue weighted by atomic mass is 19.1. The summed E-state index contributed by atoms with van der Waals surface area (Å²) in [5.41, 5.74) is 1.74. The molecular weight excluding hydrogens is 283 g/mol. The summed E-state index contributed by atoms with van der Waals surface area (Å²) in [6, 6.07) is 9.78. The first kappa shape index (κ1) is 16.1. The van der Waals surface area contributed by atoms with Crippen molar-refractivity contribution in [2.45, 2.75) is 12.3 Å². The van der Waals surface area contributed by atoms with Crippen LogP contribution in [-0.4, -0.2) is 31.2 Å². The largest absolute Gasteiger partial charge is 0.383 e. The topological polar surface area (TPSA) is 51.2 Å². The fourth-order valence-corrected chi connectivity index (χ4v) is 2.21. The lowest BCUT2D eigenvalue weighted by atomic mass is 9.91. The molecule has 1 aromatic heterocycles. The van der Waals surface area contributed by atoms with Crippen molar-refractivity contribution in [2.24, 2.45) is 0 Å². The minimum Gasteiger partial charge on any atom is -0.383 e. The molecule has 1 aromatic carbocycles. The van der Waals surface area contributed by atoms with Gasteiger partial charge in [-0.05, 0) is 35.7 Å². The van der Waals surface area contributed by atoms with E-state index in [9.17, 15) is 9.18 Å². The van der Waals surface area contributed by atoms with E-state index in [0.29, 0.717) is 19.6 Å². The maximum atomic E-state index is 13.1. The van der Waals surface area contributed by atoms with Crippen molar-refractivity contribution < 1.29 is 13.9 Å². The van der Waals surface area contributed by atoms with Crippen LogP contribution in [-0.2, 0) is 16.0 Å². The number of carbonyl (C=O) groups excluding carboxylic acids is 1. The summed E-state index contributed by atoms with van der Waals surface area (Å²) < 4.78 is 18.0. The van der Waals surface area contributed by atoms with Gasteiger partial charge in [-0.3, -0.25) is 9.78 Å². The molecule has 1 heterocycles. The van der Waals surface area contributed by atoms with Crippen LogP contribution in [0.3, 0.4) is 0 Å². The van der Waals surface area contributed by atoms with E-state index in [1.54, 1.807) is 31.6 Å². The third kappa shape index (κ3) is 4.63. The first-order valence-electron chi connectivity index (χ1n) is 7.11. The van der Waals surface area contributed by atoms with Gasteiger partial charge in [0.05, 0.1) is 12.5 Å². The number of hydrogen-bond acceptors (Lipinski definition) is 3. The van der Waals surface area contributed by atoms with Gasteiger partial charge in [-0.2, -0.15) is 0 Å². The summed E-state index contributed by atoms with van der Waals surface area (Å²) in [7, 11) is 1.58. The molecule has 22 heavy (non-hydrogen) atoms. The summed E-state index contributed by atoms with van der Waals surface area (Å²) in [5, 5.41) is 2.84. The molecule has 0 fully saturated rings. The number of aromatic nitrogens is 1. The molecule has 4 nitrogen and oxygen atoms in total. The van der Waals surface area contributed by atoms with Crippen LogP contribution < -0.4 is 5.32 Å². The molecule has 0 saturated carbocycles. The average Bonchev–Trinajstić information content (AvgIpc) is 2.55. The smallest absolute Gasteiger partial charge is 0.227 e. The van der Waals surface area contributed by atoms with E-state index in [1.165, 1.54) is 12.1 Å².